The number of aromatic nitrogens is 1. The third kappa shape index (κ3) is 3.47. The van der Waals surface area contributed by atoms with Crippen LogP contribution >= 0.6 is 23.2 Å². The second kappa shape index (κ2) is 6.19. The van der Waals surface area contributed by atoms with Crippen molar-refractivity contribution in [2.24, 2.45) is 0 Å². The lowest BCUT2D eigenvalue weighted by molar-refractivity contribution is 0.466. The predicted octanol–water partition coefficient (Wildman–Crippen LogP) is 2.79. The number of pyridine rings is 1. The van der Waals surface area contributed by atoms with Gasteiger partial charge in [-0.15, -0.1) is 0 Å². The van der Waals surface area contributed by atoms with Crippen molar-refractivity contribution in [1.82, 2.24) is 9.29 Å². The Bertz CT molecular complexity index is 749. The van der Waals surface area contributed by atoms with Gasteiger partial charge in [-0.25, -0.2) is 13.4 Å². The van der Waals surface area contributed by atoms with E-state index in [1.807, 2.05) is 0 Å². The number of anilines is 1. The summed E-state index contributed by atoms with van der Waals surface area (Å²) in [6.07, 6.45) is 1.22. The van der Waals surface area contributed by atoms with Crippen molar-refractivity contribution in [3.05, 3.63) is 52.1 Å². The zero-order valence-electron chi connectivity index (χ0n) is 11.1. The van der Waals surface area contributed by atoms with Crippen molar-refractivity contribution in [2.75, 3.05) is 12.8 Å². The van der Waals surface area contributed by atoms with Crippen LogP contribution in [-0.4, -0.2) is 24.8 Å². The minimum atomic E-state index is -3.67. The van der Waals surface area contributed by atoms with E-state index in [2.05, 4.69) is 4.98 Å². The Balaban J connectivity index is 2.28. The number of sulfonamides is 1. The highest BCUT2D eigenvalue weighted by Crippen LogP contribution is 2.27. The first-order valence-electron chi connectivity index (χ1n) is 5.93. The SMILES string of the molecule is CN(Cc1cccc(Cl)c1Cl)S(=O)(=O)c1ccc(N)nc1. The van der Waals surface area contributed by atoms with E-state index in [1.165, 1.54) is 29.7 Å². The minimum Gasteiger partial charge on any atom is -0.384 e. The molecule has 112 valence electrons. The molecule has 0 aliphatic carbocycles. The molecular weight excluding hydrogens is 333 g/mol. The molecule has 0 atom stereocenters. The van der Waals surface area contributed by atoms with Gasteiger partial charge in [0.2, 0.25) is 10.0 Å². The van der Waals surface area contributed by atoms with Crippen molar-refractivity contribution >= 4 is 39.0 Å². The number of hydrogen-bond acceptors (Lipinski definition) is 4. The summed E-state index contributed by atoms with van der Waals surface area (Å²) < 4.78 is 26.0. The van der Waals surface area contributed by atoms with Crippen LogP contribution in [0.15, 0.2) is 41.4 Å². The van der Waals surface area contributed by atoms with Gasteiger partial charge >= 0.3 is 0 Å². The number of rotatable bonds is 4. The smallest absolute Gasteiger partial charge is 0.244 e. The second-order valence-electron chi connectivity index (χ2n) is 4.39. The average molecular weight is 346 g/mol. The number of nitrogen functional groups attached to an aromatic ring is 1. The molecule has 2 aromatic rings. The number of hydrogen-bond donors (Lipinski definition) is 1. The maximum absolute atomic E-state index is 12.4. The lowest BCUT2D eigenvalue weighted by Crippen LogP contribution is -2.26. The van der Waals surface area contributed by atoms with Crippen LogP contribution in [0.25, 0.3) is 0 Å². The first-order valence-corrected chi connectivity index (χ1v) is 8.12. The predicted molar refractivity (Wildman–Crippen MR) is 83.8 cm³/mol. The van der Waals surface area contributed by atoms with Gasteiger partial charge in [0.05, 0.1) is 10.0 Å². The molecule has 5 nitrogen and oxygen atoms in total. The number of nitrogens with zero attached hydrogens (tertiary/aromatic N) is 2. The molecule has 0 saturated heterocycles. The molecule has 1 aromatic carbocycles. The summed E-state index contributed by atoms with van der Waals surface area (Å²) in [4.78, 5) is 3.86. The summed E-state index contributed by atoms with van der Waals surface area (Å²) in [7, 11) is -2.21. The topological polar surface area (TPSA) is 76.3 Å². The minimum absolute atomic E-state index is 0.0670. The van der Waals surface area contributed by atoms with Gasteiger partial charge in [-0.3, -0.25) is 0 Å². The Morgan fingerprint density at radius 1 is 1.24 bits per heavy atom. The van der Waals surface area contributed by atoms with Gasteiger partial charge in [-0.2, -0.15) is 4.31 Å². The van der Waals surface area contributed by atoms with Crippen LogP contribution in [0, 0.1) is 0 Å². The molecule has 0 spiro atoms. The summed E-state index contributed by atoms with van der Waals surface area (Å²) in [5, 5.41) is 0.728. The fourth-order valence-electron chi connectivity index (χ4n) is 1.72. The highest BCUT2D eigenvalue weighted by Gasteiger charge is 2.22. The first kappa shape index (κ1) is 16.0. The Labute approximate surface area is 133 Å². The highest BCUT2D eigenvalue weighted by atomic mass is 35.5. The third-order valence-corrected chi connectivity index (χ3v) is 5.54. The number of nitrogens with two attached hydrogens (primary N) is 1. The summed E-state index contributed by atoms with van der Waals surface area (Å²) in [5.74, 6) is 0.259. The van der Waals surface area contributed by atoms with Crippen molar-refractivity contribution < 1.29 is 8.42 Å². The van der Waals surface area contributed by atoms with Crippen LogP contribution in [0.4, 0.5) is 5.82 Å². The van der Waals surface area contributed by atoms with Gasteiger partial charge in [0.25, 0.3) is 0 Å². The fraction of sp³-hybridized carbons (Fsp3) is 0.154. The Morgan fingerprint density at radius 3 is 2.57 bits per heavy atom. The maximum atomic E-state index is 12.4. The van der Waals surface area contributed by atoms with Crippen molar-refractivity contribution in [2.45, 2.75) is 11.4 Å². The van der Waals surface area contributed by atoms with Crippen LogP contribution in [0.1, 0.15) is 5.56 Å². The van der Waals surface area contributed by atoms with Gasteiger partial charge in [0.1, 0.15) is 10.7 Å². The maximum Gasteiger partial charge on any atom is 0.244 e. The summed E-state index contributed by atoms with van der Waals surface area (Å²) in [6.45, 7) is 0.103. The molecule has 1 heterocycles. The summed E-state index contributed by atoms with van der Waals surface area (Å²) >= 11 is 12.0. The van der Waals surface area contributed by atoms with E-state index >= 15 is 0 Å². The standard InChI is InChI=1S/C13H13Cl2N3O2S/c1-18(8-9-3-2-4-11(14)13(9)15)21(19,20)10-5-6-12(16)17-7-10/h2-7H,8H2,1H3,(H2,16,17). The van der Waals surface area contributed by atoms with Gasteiger partial charge in [-0.1, -0.05) is 35.3 Å². The van der Waals surface area contributed by atoms with E-state index in [0.29, 0.717) is 15.6 Å². The van der Waals surface area contributed by atoms with E-state index in [4.69, 9.17) is 28.9 Å². The molecule has 0 amide bonds. The quantitative estimate of drug-likeness (QED) is 0.924. The lowest BCUT2D eigenvalue weighted by atomic mass is 10.2. The monoisotopic (exact) mass is 345 g/mol. The van der Waals surface area contributed by atoms with E-state index in [1.54, 1.807) is 18.2 Å². The fourth-order valence-corrected chi connectivity index (χ4v) is 3.19. The molecule has 1 aromatic heterocycles. The number of benzene rings is 1. The van der Waals surface area contributed by atoms with Crippen LogP contribution in [-0.2, 0) is 16.6 Å². The van der Waals surface area contributed by atoms with Gasteiger partial charge in [0.15, 0.2) is 0 Å². The van der Waals surface area contributed by atoms with Crippen LogP contribution in [0.3, 0.4) is 0 Å². The molecule has 2 N–H and O–H groups in total. The summed E-state index contributed by atoms with van der Waals surface area (Å²) in [5.41, 5.74) is 6.08. The normalized spacial score (nSPS) is 11.8. The second-order valence-corrected chi connectivity index (χ2v) is 7.22. The lowest BCUT2D eigenvalue weighted by Gasteiger charge is -2.18. The van der Waals surface area contributed by atoms with Crippen molar-refractivity contribution in [3.8, 4) is 0 Å². The van der Waals surface area contributed by atoms with Crippen LogP contribution in [0.2, 0.25) is 10.0 Å². The molecule has 0 radical (unpaired) electrons. The van der Waals surface area contributed by atoms with E-state index in [9.17, 15) is 8.42 Å². The zero-order valence-corrected chi connectivity index (χ0v) is 13.5. The van der Waals surface area contributed by atoms with E-state index in [0.717, 1.165) is 0 Å². The molecule has 0 bridgehead atoms. The molecule has 2 rings (SSSR count). The first-order chi connectivity index (χ1) is 9.82. The molecule has 8 heteroatoms. The molecule has 0 aliphatic rings. The molecule has 0 fully saturated rings. The average Bonchev–Trinajstić information content (AvgIpc) is 2.44. The Hall–Kier alpha value is -1.34. The van der Waals surface area contributed by atoms with Crippen LogP contribution < -0.4 is 5.73 Å². The highest BCUT2D eigenvalue weighted by molar-refractivity contribution is 7.89. The van der Waals surface area contributed by atoms with E-state index in [-0.39, 0.29) is 17.3 Å². The van der Waals surface area contributed by atoms with Gasteiger partial charge < -0.3 is 5.73 Å². The molecule has 0 saturated carbocycles. The summed E-state index contributed by atoms with van der Waals surface area (Å²) in [6, 6.07) is 7.93. The Morgan fingerprint density at radius 2 is 1.95 bits per heavy atom. The molecule has 0 unspecified atom stereocenters. The van der Waals surface area contributed by atoms with Gasteiger partial charge in [0, 0.05) is 19.8 Å². The largest absolute Gasteiger partial charge is 0.384 e. The molecular formula is C13H13Cl2N3O2S. The van der Waals surface area contributed by atoms with E-state index < -0.39 is 10.0 Å². The van der Waals surface area contributed by atoms with Crippen molar-refractivity contribution in [1.29, 1.82) is 0 Å². The van der Waals surface area contributed by atoms with Gasteiger partial charge in [-0.05, 0) is 23.8 Å². The number of halogens is 2. The Kier molecular flexibility index (Phi) is 4.73. The molecule has 21 heavy (non-hydrogen) atoms. The zero-order chi connectivity index (χ0) is 15.6. The van der Waals surface area contributed by atoms with Crippen molar-refractivity contribution in [3.63, 3.8) is 0 Å². The van der Waals surface area contributed by atoms with Crippen LogP contribution in [0.5, 0.6) is 0 Å². The third-order valence-electron chi connectivity index (χ3n) is 2.89. The molecule has 0 aliphatic heterocycles.